The number of rotatable bonds is 1. The molecule has 0 radical (unpaired) electrons. The van der Waals surface area contributed by atoms with Crippen LogP contribution in [0.5, 0.6) is 0 Å². The zero-order valence-corrected chi connectivity index (χ0v) is 13.0. The third kappa shape index (κ3) is 1.82. The van der Waals surface area contributed by atoms with Gasteiger partial charge < -0.3 is 9.55 Å². The van der Waals surface area contributed by atoms with Crippen molar-refractivity contribution in [2.75, 3.05) is 13.1 Å². The minimum Gasteiger partial charge on any atom is -0.331 e. The van der Waals surface area contributed by atoms with Crippen LogP contribution in [0.25, 0.3) is 11.0 Å². The van der Waals surface area contributed by atoms with Crippen LogP contribution in [0, 0.1) is 4.77 Å². The summed E-state index contributed by atoms with van der Waals surface area (Å²) in [6.45, 7) is 2.49. The molecule has 2 aromatic rings. The SMILES string of the molecule is S=c1[nH]c2cc(Br)ccc2n1C1CCN2CCCC12. The first-order valence-electron chi connectivity index (χ1n) is 6.88. The molecule has 0 bridgehead atoms. The highest BCUT2D eigenvalue weighted by Gasteiger charge is 2.38. The Balaban J connectivity index is 1.87. The Morgan fingerprint density at radius 3 is 3.00 bits per heavy atom. The van der Waals surface area contributed by atoms with Crippen LogP contribution in [0.15, 0.2) is 22.7 Å². The fraction of sp³-hybridized carbons (Fsp3) is 0.500. The topological polar surface area (TPSA) is 24.0 Å². The zero-order valence-electron chi connectivity index (χ0n) is 10.6. The Morgan fingerprint density at radius 2 is 2.11 bits per heavy atom. The van der Waals surface area contributed by atoms with Gasteiger partial charge in [-0.2, -0.15) is 0 Å². The first kappa shape index (κ1) is 12.1. The molecule has 1 aromatic carbocycles. The van der Waals surface area contributed by atoms with Crippen molar-refractivity contribution in [3.05, 3.63) is 27.4 Å². The molecule has 0 amide bonds. The number of imidazole rings is 1. The minimum atomic E-state index is 0.546. The number of halogens is 1. The van der Waals surface area contributed by atoms with E-state index in [0.717, 1.165) is 14.8 Å². The lowest BCUT2D eigenvalue weighted by atomic mass is 10.1. The fourth-order valence-electron chi connectivity index (χ4n) is 3.79. The molecule has 2 saturated heterocycles. The van der Waals surface area contributed by atoms with Gasteiger partial charge in [-0.05, 0) is 56.2 Å². The summed E-state index contributed by atoms with van der Waals surface area (Å²) in [6.07, 6.45) is 3.88. The molecule has 4 rings (SSSR count). The van der Waals surface area contributed by atoms with Crippen LogP contribution < -0.4 is 0 Å². The molecule has 0 spiro atoms. The van der Waals surface area contributed by atoms with Gasteiger partial charge in [0.15, 0.2) is 4.77 Å². The largest absolute Gasteiger partial charge is 0.331 e. The van der Waals surface area contributed by atoms with Crippen LogP contribution in [-0.2, 0) is 0 Å². The summed E-state index contributed by atoms with van der Waals surface area (Å²) in [5.41, 5.74) is 2.38. The second kappa shape index (κ2) is 4.43. The van der Waals surface area contributed by atoms with E-state index in [1.165, 1.54) is 37.9 Å². The van der Waals surface area contributed by atoms with Crippen LogP contribution in [-0.4, -0.2) is 33.6 Å². The normalized spacial score (nSPS) is 27.2. The molecule has 2 fully saturated rings. The van der Waals surface area contributed by atoms with E-state index in [0.29, 0.717) is 12.1 Å². The van der Waals surface area contributed by atoms with E-state index < -0.39 is 0 Å². The molecule has 2 aliphatic heterocycles. The summed E-state index contributed by atoms with van der Waals surface area (Å²) in [5, 5.41) is 0. The number of aromatic amines is 1. The van der Waals surface area contributed by atoms with Crippen molar-refractivity contribution in [2.24, 2.45) is 0 Å². The van der Waals surface area contributed by atoms with Gasteiger partial charge in [-0.15, -0.1) is 0 Å². The van der Waals surface area contributed by atoms with E-state index in [2.05, 4.69) is 48.6 Å². The van der Waals surface area contributed by atoms with E-state index in [9.17, 15) is 0 Å². The fourth-order valence-corrected chi connectivity index (χ4v) is 4.49. The quantitative estimate of drug-likeness (QED) is 0.798. The number of hydrogen-bond donors (Lipinski definition) is 1. The molecular formula is C14H16BrN3S. The van der Waals surface area contributed by atoms with Gasteiger partial charge in [0.2, 0.25) is 0 Å². The van der Waals surface area contributed by atoms with Crippen molar-refractivity contribution in [3.8, 4) is 0 Å². The Kier molecular flexibility index (Phi) is 2.83. The van der Waals surface area contributed by atoms with Gasteiger partial charge in [0.25, 0.3) is 0 Å². The summed E-state index contributed by atoms with van der Waals surface area (Å²) in [7, 11) is 0. The van der Waals surface area contributed by atoms with E-state index in [4.69, 9.17) is 12.2 Å². The summed E-state index contributed by atoms with van der Waals surface area (Å²) < 4.78 is 4.32. The third-order valence-corrected chi connectivity index (χ3v) is 5.37. The van der Waals surface area contributed by atoms with Gasteiger partial charge in [-0.3, -0.25) is 4.90 Å². The second-order valence-corrected chi connectivity index (χ2v) is 6.87. The first-order chi connectivity index (χ1) is 9.24. The molecule has 0 aliphatic carbocycles. The number of H-pyrrole nitrogens is 1. The van der Waals surface area contributed by atoms with Crippen LogP contribution in [0.2, 0.25) is 0 Å². The van der Waals surface area contributed by atoms with Gasteiger partial charge in [0, 0.05) is 17.1 Å². The molecule has 1 aromatic heterocycles. The van der Waals surface area contributed by atoms with Crippen LogP contribution in [0.1, 0.15) is 25.3 Å². The maximum absolute atomic E-state index is 5.57. The van der Waals surface area contributed by atoms with Gasteiger partial charge in [-0.1, -0.05) is 15.9 Å². The van der Waals surface area contributed by atoms with E-state index >= 15 is 0 Å². The average Bonchev–Trinajstić information content (AvgIpc) is 3.02. The Labute approximate surface area is 125 Å². The first-order valence-corrected chi connectivity index (χ1v) is 8.08. The highest BCUT2D eigenvalue weighted by Crippen LogP contribution is 2.38. The van der Waals surface area contributed by atoms with Crippen molar-refractivity contribution < 1.29 is 0 Å². The van der Waals surface area contributed by atoms with E-state index in [1.807, 2.05) is 0 Å². The third-order valence-electron chi connectivity index (χ3n) is 4.58. The van der Waals surface area contributed by atoms with Gasteiger partial charge in [0.05, 0.1) is 17.1 Å². The maximum Gasteiger partial charge on any atom is 0.178 e. The van der Waals surface area contributed by atoms with Crippen LogP contribution in [0.3, 0.4) is 0 Å². The molecule has 0 saturated carbocycles. The van der Waals surface area contributed by atoms with Crippen LogP contribution >= 0.6 is 28.1 Å². The lowest BCUT2D eigenvalue weighted by molar-refractivity contribution is 0.291. The predicted octanol–water partition coefficient (Wildman–Crippen LogP) is 3.87. The second-order valence-electron chi connectivity index (χ2n) is 5.56. The van der Waals surface area contributed by atoms with E-state index in [-0.39, 0.29) is 0 Å². The summed E-state index contributed by atoms with van der Waals surface area (Å²) >= 11 is 9.09. The predicted molar refractivity (Wildman–Crippen MR) is 83.1 cm³/mol. The number of hydrogen-bond acceptors (Lipinski definition) is 2. The summed E-state index contributed by atoms with van der Waals surface area (Å²) in [4.78, 5) is 5.98. The Hall–Kier alpha value is -0.650. The highest BCUT2D eigenvalue weighted by molar-refractivity contribution is 9.10. The molecule has 2 unspecified atom stereocenters. The average molecular weight is 338 g/mol. The van der Waals surface area contributed by atoms with Gasteiger partial charge in [-0.25, -0.2) is 0 Å². The Morgan fingerprint density at radius 1 is 1.21 bits per heavy atom. The molecule has 3 heterocycles. The van der Waals surface area contributed by atoms with Crippen molar-refractivity contribution in [1.82, 2.24) is 14.5 Å². The Bertz CT molecular complexity index is 690. The van der Waals surface area contributed by atoms with Crippen molar-refractivity contribution in [2.45, 2.75) is 31.3 Å². The van der Waals surface area contributed by atoms with Gasteiger partial charge >= 0.3 is 0 Å². The minimum absolute atomic E-state index is 0.546. The molecule has 3 nitrogen and oxygen atoms in total. The van der Waals surface area contributed by atoms with Gasteiger partial charge in [0.1, 0.15) is 0 Å². The lowest BCUT2D eigenvalue weighted by Crippen LogP contribution is -2.27. The smallest absolute Gasteiger partial charge is 0.178 e. The molecular weight excluding hydrogens is 322 g/mol. The van der Waals surface area contributed by atoms with Crippen molar-refractivity contribution >= 4 is 39.2 Å². The maximum atomic E-state index is 5.57. The molecule has 2 aliphatic rings. The number of benzene rings is 1. The van der Waals surface area contributed by atoms with Crippen molar-refractivity contribution in [1.29, 1.82) is 0 Å². The number of nitrogens with one attached hydrogen (secondary N) is 1. The van der Waals surface area contributed by atoms with Crippen LogP contribution in [0.4, 0.5) is 0 Å². The summed E-state index contributed by atoms with van der Waals surface area (Å²) in [5.74, 6) is 0. The molecule has 100 valence electrons. The zero-order chi connectivity index (χ0) is 13.0. The number of aromatic nitrogens is 2. The number of fused-ring (bicyclic) bond motifs is 2. The monoisotopic (exact) mass is 337 g/mol. The molecule has 19 heavy (non-hydrogen) atoms. The van der Waals surface area contributed by atoms with Crippen molar-refractivity contribution in [3.63, 3.8) is 0 Å². The number of nitrogens with zero attached hydrogens (tertiary/aromatic N) is 2. The highest BCUT2D eigenvalue weighted by atomic mass is 79.9. The summed E-state index contributed by atoms with van der Waals surface area (Å²) in [6, 6.07) is 7.62. The molecule has 5 heteroatoms. The molecule has 1 N–H and O–H groups in total. The lowest BCUT2D eigenvalue weighted by Gasteiger charge is -2.22. The standard InChI is InChI=1S/C14H16BrN3S/c15-9-3-4-11-10(8-9)16-14(19)18(11)13-5-7-17-6-1-2-12(13)17/h3-4,8,12-13H,1-2,5-7H2,(H,16,19). The van der Waals surface area contributed by atoms with E-state index in [1.54, 1.807) is 0 Å². The molecule has 2 atom stereocenters.